The Morgan fingerprint density at radius 3 is 2.80 bits per heavy atom. The molecule has 0 saturated carbocycles. The lowest BCUT2D eigenvalue weighted by molar-refractivity contribution is 0.0924. The monoisotopic (exact) mass is 402 g/mol. The molecule has 0 aliphatic heterocycles. The maximum absolute atomic E-state index is 12.2. The Morgan fingerprint density at radius 2 is 2.04 bits per heavy atom. The summed E-state index contributed by atoms with van der Waals surface area (Å²) in [4.78, 5) is 16.6. The summed E-state index contributed by atoms with van der Waals surface area (Å²) < 4.78 is 7.91. The summed E-state index contributed by atoms with van der Waals surface area (Å²) in [7, 11) is 0. The molecule has 130 valence electrons. The van der Waals surface area contributed by atoms with E-state index in [1.165, 1.54) is 5.56 Å². The topological polar surface area (TPSA) is 68.5 Å². The number of nitrogens with zero attached hydrogens (tertiary/aromatic N) is 3. The average molecular weight is 403 g/mol. The zero-order chi connectivity index (χ0) is 17.6. The van der Waals surface area contributed by atoms with Gasteiger partial charge in [0.25, 0.3) is 5.91 Å². The van der Waals surface area contributed by atoms with E-state index in [0.29, 0.717) is 31.0 Å². The molecule has 0 saturated heterocycles. The van der Waals surface area contributed by atoms with Crippen LogP contribution in [0.25, 0.3) is 5.65 Å². The highest BCUT2D eigenvalue weighted by Crippen LogP contribution is 2.15. The number of ether oxygens (including phenoxy) is 1. The second-order valence-corrected chi connectivity index (χ2v) is 6.46. The van der Waals surface area contributed by atoms with Crippen molar-refractivity contribution in [2.45, 2.75) is 13.3 Å². The molecule has 0 aliphatic rings. The zero-order valence-corrected chi connectivity index (χ0v) is 15.5. The van der Waals surface area contributed by atoms with E-state index in [-0.39, 0.29) is 5.91 Å². The van der Waals surface area contributed by atoms with Gasteiger partial charge in [-0.2, -0.15) is 5.10 Å². The van der Waals surface area contributed by atoms with Gasteiger partial charge in [0.15, 0.2) is 5.65 Å². The van der Waals surface area contributed by atoms with Crippen LogP contribution in [0, 0.1) is 0 Å². The number of carbonyl (C=O) groups excluding carboxylic acids is 1. The second-order valence-electron chi connectivity index (χ2n) is 5.54. The molecule has 1 amide bonds. The van der Waals surface area contributed by atoms with Gasteiger partial charge >= 0.3 is 0 Å². The van der Waals surface area contributed by atoms with Gasteiger partial charge in [0.2, 0.25) is 0 Å². The SMILES string of the molecule is CCOCCNC(=O)c1cnn2cc(Cc3ccc(Br)cc3)cnc12. The lowest BCUT2D eigenvalue weighted by atomic mass is 10.1. The Hall–Kier alpha value is -2.25. The van der Waals surface area contributed by atoms with E-state index in [9.17, 15) is 4.79 Å². The zero-order valence-electron chi connectivity index (χ0n) is 13.9. The minimum absolute atomic E-state index is 0.192. The van der Waals surface area contributed by atoms with Gasteiger partial charge in [-0.15, -0.1) is 0 Å². The highest BCUT2D eigenvalue weighted by Gasteiger charge is 2.13. The third kappa shape index (κ3) is 4.43. The molecule has 25 heavy (non-hydrogen) atoms. The van der Waals surface area contributed by atoms with Crippen LogP contribution in [-0.4, -0.2) is 40.3 Å². The van der Waals surface area contributed by atoms with Crippen molar-refractivity contribution in [3.05, 3.63) is 64.0 Å². The Morgan fingerprint density at radius 1 is 1.24 bits per heavy atom. The largest absolute Gasteiger partial charge is 0.380 e. The first-order chi connectivity index (χ1) is 12.2. The second kappa shape index (κ2) is 8.22. The molecule has 3 aromatic rings. The molecule has 0 radical (unpaired) electrons. The number of benzene rings is 1. The molecule has 7 heteroatoms. The van der Waals surface area contributed by atoms with Crippen LogP contribution in [0.15, 0.2) is 47.3 Å². The van der Waals surface area contributed by atoms with E-state index >= 15 is 0 Å². The molecule has 6 nitrogen and oxygen atoms in total. The number of carbonyl (C=O) groups is 1. The summed E-state index contributed by atoms with van der Waals surface area (Å²) in [5, 5.41) is 7.07. The maximum Gasteiger partial charge on any atom is 0.256 e. The fourth-order valence-electron chi connectivity index (χ4n) is 2.48. The quantitative estimate of drug-likeness (QED) is 0.616. The van der Waals surface area contributed by atoms with Gasteiger partial charge in [-0.25, -0.2) is 9.50 Å². The first-order valence-electron chi connectivity index (χ1n) is 8.10. The van der Waals surface area contributed by atoms with Gasteiger partial charge in [-0.3, -0.25) is 4.79 Å². The Bertz CT molecular complexity index is 861. The van der Waals surface area contributed by atoms with Crippen molar-refractivity contribution in [3.8, 4) is 0 Å². The maximum atomic E-state index is 12.2. The number of halogens is 1. The number of hydrogen-bond donors (Lipinski definition) is 1. The molecule has 0 bridgehead atoms. The first-order valence-corrected chi connectivity index (χ1v) is 8.89. The third-order valence-corrected chi connectivity index (χ3v) is 4.24. The molecule has 2 aromatic heterocycles. The van der Waals surface area contributed by atoms with Crippen LogP contribution >= 0.6 is 15.9 Å². The summed E-state index contributed by atoms with van der Waals surface area (Å²) in [5.74, 6) is -0.192. The van der Waals surface area contributed by atoms with E-state index in [1.807, 2.05) is 25.3 Å². The first kappa shape index (κ1) is 17.6. The van der Waals surface area contributed by atoms with Gasteiger partial charge in [-0.05, 0) is 30.2 Å². The number of rotatable bonds is 7. The van der Waals surface area contributed by atoms with E-state index < -0.39 is 0 Å². The normalized spacial score (nSPS) is 11.0. The Kier molecular flexibility index (Phi) is 5.78. The number of nitrogens with one attached hydrogen (secondary N) is 1. The molecule has 0 aliphatic carbocycles. The summed E-state index contributed by atoms with van der Waals surface area (Å²) in [6, 6.07) is 8.16. The third-order valence-electron chi connectivity index (χ3n) is 3.71. The molecule has 3 rings (SSSR count). The van der Waals surface area contributed by atoms with Crippen LogP contribution in [-0.2, 0) is 11.2 Å². The van der Waals surface area contributed by atoms with Crippen molar-refractivity contribution in [1.29, 1.82) is 0 Å². The van der Waals surface area contributed by atoms with Crippen molar-refractivity contribution in [2.24, 2.45) is 0 Å². The van der Waals surface area contributed by atoms with Crippen molar-refractivity contribution in [1.82, 2.24) is 19.9 Å². The van der Waals surface area contributed by atoms with Crippen LogP contribution in [0.5, 0.6) is 0 Å². The minimum Gasteiger partial charge on any atom is -0.380 e. The van der Waals surface area contributed by atoms with Crippen molar-refractivity contribution in [2.75, 3.05) is 19.8 Å². The van der Waals surface area contributed by atoms with Crippen molar-refractivity contribution >= 4 is 27.5 Å². The number of aromatic nitrogens is 3. The molecular formula is C18H19BrN4O2. The summed E-state index contributed by atoms with van der Waals surface area (Å²) >= 11 is 3.43. The summed E-state index contributed by atoms with van der Waals surface area (Å²) in [6.45, 7) is 3.51. The predicted molar refractivity (Wildman–Crippen MR) is 98.8 cm³/mol. The number of fused-ring (bicyclic) bond motifs is 1. The van der Waals surface area contributed by atoms with Gasteiger partial charge < -0.3 is 10.1 Å². The van der Waals surface area contributed by atoms with E-state index in [1.54, 1.807) is 16.9 Å². The predicted octanol–water partition coefficient (Wildman–Crippen LogP) is 2.85. The minimum atomic E-state index is -0.192. The highest BCUT2D eigenvalue weighted by molar-refractivity contribution is 9.10. The summed E-state index contributed by atoms with van der Waals surface area (Å²) in [6.07, 6.45) is 5.99. The number of amides is 1. The molecule has 2 heterocycles. The lowest BCUT2D eigenvalue weighted by Gasteiger charge is -2.05. The van der Waals surface area contributed by atoms with Gasteiger partial charge in [0.05, 0.1) is 12.8 Å². The smallest absolute Gasteiger partial charge is 0.256 e. The van der Waals surface area contributed by atoms with E-state index in [4.69, 9.17) is 4.74 Å². The average Bonchev–Trinajstić information content (AvgIpc) is 3.04. The molecule has 1 N–H and O–H groups in total. The summed E-state index contributed by atoms with van der Waals surface area (Å²) in [5.41, 5.74) is 3.23. The van der Waals surface area contributed by atoms with E-state index in [0.717, 1.165) is 16.5 Å². The Labute approximate surface area is 154 Å². The Balaban J connectivity index is 1.72. The lowest BCUT2D eigenvalue weighted by Crippen LogP contribution is -2.27. The van der Waals surface area contributed by atoms with Crippen LogP contribution in [0.1, 0.15) is 28.4 Å². The molecular weight excluding hydrogens is 384 g/mol. The fourth-order valence-corrected chi connectivity index (χ4v) is 2.74. The van der Waals surface area contributed by atoms with Crippen LogP contribution in [0.2, 0.25) is 0 Å². The highest BCUT2D eigenvalue weighted by atomic mass is 79.9. The van der Waals surface area contributed by atoms with Gasteiger partial charge in [0.1, 0.15) is 5.56 Å². The van der Waals surface area contributed by atoms with Crippen LogP contribution in [0.4, 0.5) is 0 Å². The fraction of sp³-hybridized carbons (Fsp3) is 0.278. The van der Waals surface area contributed by atoms with Crippen LogP contribution < -0.4 is 5.32 Å². The van der Waals surface area contributed by atoms with E-state index in [2.05, 4.69) is 43.5 Å². The van der Waals surface area contributed by atoms with Gasteiger partial charge in [-0.1, -0.05) is 28.1 Å². The molecule has 0 spiro atoms. The van der Waals surface area contributed by atoms with Crippen molar-refractivity contribution in [3.63, 3.8) is 0 Å². The molecule has 0 unspecified atom stereocenters. The standard InChI is InChI=1S/C18H19BrN4O2/c1-2-25-8-7-20-18(24)16-11-22-23-12-14(10-21-17(16)23)9-13-3-5-15(19)6-4-13/h3-6,10-12H,2,7-9H2,1H3,(H,20,24). The molecule has 0 atom stereocenters. The molecule has 0 fully saturated rings. The van der Waals surface area contributed by atoms with Gasteiger partial charge in [0, 0.05) is 36.4 Å². The van der Waals surface area contributed by atoms with Crippen molar-refractivity contribution < 1.29 is 9.53 Å². The van der Waals surface area contributed by atoms with Crippen LogP contribution in [0.3, 0.4) is 0 Å². The number of hydrogen-bond acceptors (Lipinski definition) is 4. The molecule has 1 aromatic carbocycles.